The minimum absolute atomic E-state index is 0.00463. The summed E-state index contributed by atoms with van der Waals surface area (Å²) in [5, 5.41) is 8.34. The van der Waals surface area contributed by atoms with Gasteiger partial charge in [0.1, 0.15) is 24.4 Å². The molecule has 9 heteroatoms. The van der Waals surface area contributed by atoms with E-state index in [-0.39, 0.29) is 37.1 Å². The van der Waals surface area contributed by atoms with Crippen LogP contribution in [0, 0.1) is 0 Å². The van der Waals surface area contributed by atoms with Crippen LogP contribution in [0.2, 0.25) is 0 Å². The molecule has 242 valence electrons. The summed E-state index contributed by atoms with van der Waals surface area (Å²) in [5.74, 6) is 0. The Morgan fingerprint density at radius 3 is 1.40 bits per heavy atom. The van der Waals surface area contributed by atoms with E-state index in [2.05, 4.69) is 27.7 Å². The summed E-state index contributed by atoms with van der Waals surface area (Å²) in [6, 6.07) is 0. The minimum Gasteiger partial charge on any atom is -0.394 e. The van der Waals surface area contributed by atoms with E-state index in [1.54, 1.807) is 0 Å². The van der Waals surface area contributed by atoms with Crippen molar-refractivity contribution in [1.82, 2.24) is 0 Å². The molecule has 2 aliphatic heterocycles. The molecule has 2 aliphatic rings. The van der Waals surface area contributed by atoms with Crippen LogP contribution in [0.4, 0.5) is 0 Å². The lowest BCUT2D eigenvalue weighted by Crippen LogP contribution is -2.43. The highest BCUT2D eigenvalue weighted by molar-refractivity contribution is 4.71. The molecule has 0 amide bonds. The van der Waals surface area contributed by atoms with E-state index in [1.165, 1.54) is 12.8 Å². The minimum atomic E-state index is -0.0380. The van der Waals surface area contributed by atoms with Gasteiger partial charge >= 0.3 is 0 Å². The third-order valence-electron chi connectivity index (χ3n) is 6.67. The SMILES string of the molecule is CC.CCCCC(CC)OCC1COC(COCC2COC(COC(CC)CC)CO2)CO1.CCOC(C)CO. The molecule has 1 N–H and O–H groups in total. The second-order valence-electron chi connectivity index (χ2n) is 10.1. The van der Waals surface area contributed by atoms with Gasteiger partial charge in [-0.05, 0) is 39.5 Å². The average molecular weight is 581 g/mol. The molecule has 2 rings (SSSR count). The van der Waals surface area contributed by atoms with Crippen molar-refractivity contribution in [1.29, 1.82) is 0 Å². The summed E-state index contributed by atoms with van der Waals surface area (Å²) in [7, 11) is 0. The maximum atomic E-state index is 8.34. The summed E-state index contributed by atoms with van der Waals surface area (Å²) in [4.78, 5) is 0. The quantitative estimate of drug-likeness (QED) is 0.221. The summed E-state index contributed by atoms with van der Waals surface area (Å²) >= 11 is 0. The topological polar surface area (TPSA) is 94.1 Å². The fourth-order valence-electron chi connectivity index (χ4n) is 4.07. The van der Waals surface area contributed by atoms with E-state index in [9.17, 15) is 0 Å². The Morgan fingerprint density at radius 2 is 1.07 bits per heavy atom. The molecule has 2 fully saturated rings. The highest BCUT2D eigenvalue weighted by atomic mass is 16.6. The normalized spacial score (nSPS) is 24.4. The van der Waals surface area contributed by atoms with Crippen LogP contribution in [0.5, 0.6) is 0 Å². The molecular formula is C31H64O9. The van der Waals surface area contributed by atoms with E-state index in [4.69, 9.17) is 43.0 Å². The number of rotatable bonds is 19. The Bertz CT molecular complexity index is 505. The summed E-state index contributed by atoms with van der Waals surface area (Å²) in [6.45, 7) is 21.6. The zero-order valence-corrected chi connectivity index (χ0v) is 27.1. The number of hydrogen-bond donors (Lipinski definition) is 1. The molecule has 0 radical (unpaired) electrons. The monoisotopic (exact) mass is 580 g/mol. The Morgan fingerprint density at radius 1 is 0.650 bits per heavy atom. The van der Waals surface area contributed by atoms with Crippen LogP contribution >= 0.6 is 0 Å². The van der Waals surface area contributed by atoms with Crippen molar-refractivity contribution in [3.63, 3.8) is 0 Å². The fraction of sp³-hybridized carbons (Fsp3) is 1.00. The maximum Gasteiger partial charge on any atom is 0.104 e. The molecule has 2 saturated heterocycles. The second-order valence-corrected chi connectivity index (χ2v) is 10.1. The van der Waals surface area contributed by atoms with Crippen LogP contribution in [0.25, 0.3) is 0 Å². The maximum absolute atomic E-state index is 8.34. The van der Waals surface area contributed by atoms with Crippen LogP contribution < -0.4 is 0 Å². The lowest BCUT2D eigenvalue weighted by molar-refractivity contribution is -0.190. The molecule has 0 aromatic rings. The third-order valence-corrected chi connectivity index (χ3v) is 6.67. The first kappa shape index (κ1) is 39.6. The van der Waals surface area contributed by atoms with Gasteiger partial charge in [-0.15, -0.1) is 0 Å². The van der Waals surface area contributed by atoms with E-state index < -0.39 is 0 Å². The first-order chi connectivity index (χ1) is 19.5. The van der Waals surface area contributed by atoms with Crippen LogP contribution in [0.15, 0.2) is 0 Å². The molecular weight excluding hydrogens is 516 g/mol. The molecule has 0 aliphatic carbocycles. The second kappa shape index (κ2) is 27.5. The van der Waals surface area contributed by atoms with Crippen LogP contribution in [-0.4, -0.2) is 114 Å². The molecule has 0 aromatic heterocycles. The van der Waals surface area contributed by atoms with Gasteiger partial charge in [0.05, 0.1) is 77.8 Å². The van der Waals surface area contributed by atoms with Crippen molar-refractivity contribution in [3.8, 4) is 0 Å². The highest BCUT2D eigenvalue weighted by Crippen LogP contribution is 2.14. The van der Waals surface area contributed by atoms with Gasteiger partial charge in [-0.25, -0.2) is 0 Å². The largest absolute Gasteiger partial charge is 0.394 e. The molecule has 6 atom stereocenters. The predicted octanol–water partition coefficient (Wildman–Crippen LogP) is 5.19. The van der Waals surface area contributed by atoms with Crippen LogP contribution in [-0.2, 0) is 37.9 Å². The molecule has 0 spiro atoms. The average Bonchev–Trinajstić information content (AvgIpc) is 3.00. The third kappa shape index (κ3) is 19.7. The van der Waals surface area contributed by atoms with Crippen molar-refractivity contribution in [3.05, 3.63) is 0 Å². The number of hydrogen-bond acceptors (Lipinski definition) is 9. The lowest BCUT2D eigenvalue weighted by atomic mass is 10.1. The van der Waals surface area contributed by atoms with Crippen molar-refractivity contribution in [2.24, 2.45) is 0 Å². The van der Waals surface area contributed by atoms with Crippen molar-refractivity contribution in [2.45, 2.75) is 137 Å². The predicted molar refractivity (Wildman–Crippen MR) is 159 cm³/mol. The number of unbranched alkanes of at least 4 members (excludes halogenated alkanes) is 1. The smallest absolute Gasteiger partial charge is 0.104 e. The highest BCUT2D eigenvalue weighted by Gasteiger charge is 2.26. The van der Waals surface area contributed by atoms with E-state index in [0.29, 0.717) is 71.7 Å². The molecule has 0 aromatic carbocycles. The van der Waals surface area contributed by atoms with Gasteiger partial charge in [-0.3, -0.25) is 0 Å². The van der Waals surface area contributed by atoms with E-state index in [0.717, 1.165) is 25.7 Å². The molecule has 9 nitrogen and oxygen atoms in total. The van der Waals surface area contributed by atoms with Crippen molar-refractivity contribution in [2.75, 3.05) is 66.1 Å². The van der Waals surface area contributed by atoms with Crippen molar-refractivity contribution < 1.29 is 43.0 Å². The van der Waals surface area contributed by atoms with Gasteiger partial charge in [0.2, 0.25) is 0 Å². The molecule has 0 bridgehead atoms. The standard InChI is InChI=1S/C24H46O7.C5H12O2.C2H6/c1-5-9-10-20(8-4)27-16-24-18-29-22(14-31-24)12-25-11-21-13-30-23(17-28-21)15-26-19(6-2)7-3;1-3-7-5(2)4-6;1-2/h19-24H,5-18H2,1-4H3;5-6H,3-4H2,1-2H3;1-2H3. The number of ether oxygens (including phenoxy) is 8. The van der Waals surface area contributed by atoms with Gasteiger partial charge in [0.25, 0.3) is 0 Å². The van der Waals surface area contributed by atoms with Crippen molar-refractivity contribution >= 4 is 0 Å². The summed E-state index contributed by atoms with van der Waals surface area (Å²) < 4.78 is 46.2. The van der Waals surface area contributed by atoms with Gasteiger partial charge in [0, 0.05) is 6.61 Å². The summed E-state index contributed by atoms with van der Waals surface area (Å²) in [6.07, 6.45) is 7.23. The lowest BCUT2D eigenvalue weighted by Gasteiger charge is -2.32. The van der Waals surface area contributed by atoms with Gasteiger partial charge in [-0.2, -0.15) is 0 Å². The van der Waals surface area contributed by atoms with Crippen LogP contribution in [0.1, 0.15) is 93.9 Å². The first-order valence-electron chi connectivity index (χ1n) is 16.0. The zero-order valence-electron chi connectivity index (χ0n) is 27.1. The van der Waals surface area contributed by atoms with Gasteiger partial charge < -0.3 is 43.0 Å². The summed E-state index contributed by atoms with van der Waals surface area (Å²) in [5.41, 5.74) is 0. The Kier molecular flexibility index (Phi) is 27.2. The first-order valence-corrected chi connectivity index (χ1v) is 16.0. The Hall–Kier alpha value is -0.360. The zero-order chi connectivity index (χ0) is 30.0. The molecule has 0 saturated carbocycles. The fourth-order valence-corrected chi connectivity index (χ4v) is 4.07. The molecule has 6 unspecified atom stereocenters. The van der Waals surface area contributed by atoms with Gasteiger partial charge in [-0.1, -0.05) is 54.4 Å². The number of aliphatic hydroxyl groups excluding tert-OH is 1. The molecule has 2 heterocycles. The Labute approximate surface area is 245 Å². The van der Waals surface area contributed by atoms with Gasteiger partial charge in [0.15, 0.2) is 0 Å². The Balaban J connectivity index is 0.00000147. The van der Waals surface area contributed by atoms with E-state index >= 15 is 0 Å². The van der Waals surface area contributed by atoms with Crippen LogP contribution in [0.3, 0.4) is 0 Å². The molecule has 40 heavy (non-hydrogen) atoms. The number of aliphatic hydroxyl groups is 1. The van der Waals surface area contributed by atoms with E-state index in [1.807, 2.05) is 27.7 Å².